The SMILES string of the molecule is CCCC1CNC(C2CC2)CN1Cc1ccccc1OC. The van der Waals surface area contributed by atoms with E-state index in [0.29, 0.717) is 12.1 Å². The fourth-order valence-electron chi connectivity index (χ4n) is 3.56. The first-order valence-electron chi connectivity index (χ1n) is 8.41. The number of nitrogens with one attached hydrogen (secondary N) is 1. The van der Waals surface area contributed by atoms with E-state index in [1.165, 1.54) is 37.8 Å². The second kappa shape index (κ2) is 6.80. The highest BCUT2D eigenvalue weighted by atomic mass is 16.5. The van der Waals surface area contributed by atoms with E-state index < -0.39 is 0 Å². The largest absolute Gasteiger partial charge is 0.496 e. The summed E-state index contributed by atoms with van der Waals surface area (Å²) in [5, 5.41) is 3.79. The predicted molar refractivity (Wildman–Crippen MR) is 86.6 cm³/mol. The Balaban J connectivity index is 1.71. The average Bonchev–Trinajstić information content (AvgIpc) is 3.34. The summed E-state index contributed by atoms with van der Waals surface area (Å²) in [7, 11) is 1.77. The first-order chi connectivity index (χ1) is 10.3. The minimum absolute atomic E-state index is 0.662. The smallest absolute Gasteiger partial charge is 0.123 e. The molecule has 2 fully saturated rings. The van der Waals surface area contributed by atoms with Crippen LogP contribution < -0.4 is 10.1 Å². The van der Waals surface area contributed by atoms with Crippen LogP contribution in [0, 0.1) is 5.92 Å². The maximum atomic E-state index is 5.53. The topological polar surface area (TPSA) is 24.5 Å². The van der Waals surface area contributed by atoms with Gasteiger partial charge in [0.25, 0.3) is 0 Å². The maximum Gasteiger partial charge on any atom is 0.123 e. The van der Waals surface area contributed by atoms with E-state index in [4.69, 9.17) is 4.74 Å². The highest BCUT2D eigenvalue weighted by Crippen LogP contribution is 2.35. The van der Waals surface area contributed by atoms with Gasteiger partial charge >= 0.3 is 0 Å². The minimum atomic E-state index is 0.662. The molecule has 1 N–H and O–H groups in total. The summed E-state index contributed by atoms with van der Waals surface area (Å²) in [4.78, 5) is 2.68. The fraction of sp³-hybridized carbons (Fsp3) is 0.667. The van der Waals surface area contributed by atoms with Crippen molar-refractivity contribution in [3.63, 3.8) is 0 Å². The standard InChI is InChI=1S/C18H28N2O/c1-3-6-16-11-19-17(14-9-10-14)13-20(16)12-15-7-4-5-8-18(15)21-2/h4-5,7-8,14,16-17,19H,3,6,9-13H2,1-2H3. The van der Waals surface area contributed by atoms with Crippen molar-refractivity contribution < 1.29 is 4.74 Å². The molecule has 2 aliphatic rings. The molecular formula is C18H28N2O. The van der Waals surface area contributed by atoms with Gasteiger partial charge in [0.2, 0.25) is 0 Å². The third-order valence-corrected chi connectivity index (χ3v) is 4.94. The normalized spacial score (nSPS) is 26.8. The molecule has 3 heteroatoms. The molecule has 0 bridgehead atoms. The molecular weight excluding hydrogens is 260 g/mol. The molecule has 1 aliphatic heterocycles. The first-order valence-corrected chi connectivity index (χ1v) is 8.41. The molecule has 1 aliphatic carbocycles. The Hall–Kier alpha value is -1.06. The monoisotopic (exact) mass is 288 g/mol. The Bertz CT molecular complexity index is 458. The minimum Gasteiger partial charge on any atom is -0.496 e. The number of hydrogen-bond donors (Lipinski definition) is 1. The molecule has 1 heterocycles. The fourth-order valence-corrected chi connectivity index (χ4v) is 3.56. The molecule has 1 saturated carbocycles. The molecule has 1 saturated heterocycles. The molecule has 1 aromatic carbocycles. The highest BCUT2D eigenvalue weighted by molar-refractivity contribution is 5.33. The van der Waals surface area contributed by atoms with Crippen molar-refractivity contribution in [1.82, 2.24) is 10.2 Å². The van der Waals surface area contributed by atoms with Crippen molar-refractivity contribution in [3.8, 4) is 5.75 Å². The second-order valence-electron chi connectivity index (χ2n) is 6.54. The third kappa shape index (κ3) is 3.58. The van der Waals surface area contributed by atoms with Gasteiger partial charge in [-0.25, -0.2) is 0 Å². The van der Waals surface area contributed by atoms with Crippen LogP contribution in [0.3, 0.4) is 0 Å². The Labute approximate surface area is 128 Å². The van der Waals surface area contributed by atoms with Gasteiger partial charge in [0.15, 0.2) is 0 Å². The van der Waals surface area contributed by atoms with Crippen LogP contribution >= 0.6 is 0 Å². The van der Waals surface area contributed by atoms with Crippen LogP contribution in [0.2, 0.25) is 0 Å². The lowest BCUT2D eigenvalue weighted by Gasteiger charge is -2.41. The summed E-state index contributed by atoms with van der Waals surface area (Å²) >= 11 is 0. The van der Waals surface area contributed by atoms with E-state index in [2.05, 4.69) is 41.4 Å². The lowest BCUT2D eigenvalue weighted by molar-refractivity contribution is 0.107. The van der Waals surface area contributed by atoms with Gasteiger partial charge in [-0.15, -0.1) is 0 Å². The van der Waals surface area contributed by atoms with Gasteiger partial charge in [0, 0.05) is 37.3 Å². The van der Waals surface area contributed by atoms with Gasteiger partial charge in [-0.2, -0.15) is 0 Å². The van der Waals surface area contributed by atoms with Crippen LogP contribution in [-0.4, -0.2) is 37.2 Å². The van der Waals surface area contributed by atoms with E-state index in [1.807, 2.05) is 0 Å². The Kier molecular flexibility index (Phi) is 4.81. The number of nitrogens with zero attached hydrogens (tertiary/aromatic N) is 1. The lowest BCUT2D eigenvalue weighted by Crippen LogP contribution is -2.56. The third-order valence-electron chi connectivity index (χ3n) is 4.94. The molecule has 0 amide bonds. The Morgan fingerprint density at radius 2 is 2.10 bits per heavy atom. The zero-order chi connectivity index (χ0) is 14.7. The van der Waals surface area contributed by atoms with E-state index in [9.17, 15) is 0 Å². The van der Waals surface area contributed by atoms with E-state index in [-0.39, 0.29) is 0 Å². The number of piperazine rings is 1. The molecule has 0 radical (unpaired) electrons. The van der Waals surface area contributed by atoms with Crippen molar-refractivity contribution in [2.45, 2.75) is 51.2 Å². The van der Waals surface area contributed by atoms with Crippen LogP contribution in [-0.2, 0) is 6.54 Å². The summed E-state index contributed by atoms with van der Waals surface area (Å²) in [5.74, 6) is 1.95. The summed E-state index contributed by atoms with van der Waals surface area (Å²) in [5.41, 5.74) is 1.32. The van der Waals surface area contributed by atoms with Gasteiger partial charge in [-0.3, -0.25) is 4.90 Å². The Morgan fingerprint density at radius 3 is 2.81 bits per heavy atom. The summed E-state index contributed by atoms with van der Waals surface area (Å²) in [6.45, 7) is 5.63. The quantitative estimate of drug-likeness (QED) is 0.871. The number of hydrogen-bond acceptors (Lipinski definition) is 3. The number of methoxy groups -OCH3 is 1. The molecule has 3 nitrogen and oxygen atoms in total. The molecule has 2 atom stereocenters. The van der Waals surface area contributed by atoms with Crippen LogP contribution in [0.15, 0.2) is 24.3 Å². The number of ether oxygens (including phenoxy) is 1. The van der Waals surface area contributed by atoms with Gasteiger partial charge in [-0.1, -0.05) is 31.5 Å². The second-order valence-corrected chi connectivity index (χ2v) is 6.54. The summed E-state index contributed by atoms with van der Waals surface area (Å²) in [6, 6.07) is 9.81. The zero-order valence-electron chi connectivity index (χ0n) is 13.3. The maximum absolute atomic E-state index is 5.53. The molecule has 1 aromatic rings. The van der Waals surface area contributed by atoms with E-state index >= 15 is 0 Å². The number of benzene rings is 1. The van der Waals surface area contributed by atoms with Gasteiger partial charge in [0.1, 0.15) is 5.75 Å². The van der Waals surface area contributed by atoms with Gasteiger partial charge < -0.3 is 10.1 Å². The molecule has 116 valence electrons. The van der Waals surface area contributed by atoms with Crippen LogP contribution in [0.5, 0.6) is 5.75 Å². The van der Waals surface area contributed by atoms with Gasteiger partial charge in [-0.05, 0) is 31.2 Å². The van der Waals surface area contributed by atoms with Crippen LogP contribution in [0.1, 0.15) is 38.2 Å². The average molecular weight is 288 g/mol. The summed E-state index contributed by atoms with van der Waals surface area (Å²) in [6.07, 6.45) is 5.36. The lowest BCUT2D eigenvalue weighted by atomic mass is 10.0. The molecule has 21 heavy (non-hydrogen) atoms. The number of para-hydroxylation sites is 1. The molecule has 0 spiro atoms. The van der Waals surface area contributed by atoms with Crippen molar-refractivity contribution >= 4 is 0 Å². The first kappa shape index (κ1) is 14.9. The van der Waals surface area contributed by atoms with Crippen molar-refractivity contribution in [3.05, 3.63) is 29.8 Å². The van der Waals surface area contributed by atoms with Crippen molar-refractivity contribution in [1.29, 1.82) is 0 Å². The number of rotatable bonds is 6. The van der Waals surface area contributed by atoms with Crippen molar-refractivity contribution in [2.75, 3.05) is 20.2 Å². The van der Waals surface area contributed by atoms with E-state index in [1.54, 1.807) is 7.11 Å². The van der Waals surface area contributed by atoms with Crippen LogP contribution in [0.25, 0.3) is 0 Å². The molecule has 2 unspecified atom stereocenters. The Morgan fingerprint density at radius 1 is 1.29 bits per heavy atom. The van der Waals surface area contributed by atoms with Gasteiger partial charge in [0.05, 0.1) is 7.11 Å². The summed E-state index contributed by atoms with van der Waals surface area (Å²) < 4.78 is 5.53. The molecule has 3 rings (SSSR count). The highest BCUT2D eigenvalue weighted by Gasteiger charge is 2.36. The predicted octanol–water partition coefficient (Wildman–Crippen LogP) is 3.05. The van der Waals surface area contributed by atoms with Crippen molar-refractivity contribution in [2.24, 2.45) is 5.92 Å². The van der Waals surface area contributed by atoms with Crippen LogP contribution in [0.4, 0.5) is 0 Å². The van der Waals surface area contributed by atoms with E-state index in [0.717, 1.165) is 24.8 Å². The molecule has 0 aromatic heterocycles. The zero-order valence-corrected chi connectivity index (χ0v) is 13.3.